The van der Waals surface area contributed by atoms with Crippen LogP contribution in [0, 0.1) is 5.41 Å². The van der Waals surface area contributed by atoms with Gasteiger partial charge in [0.05, 0.1) is 6.54 Å². The van der Waals surface area contributed by atoms with E-state index in [0.29, 0.717) is 18.0 Å². The second-order valence-corrected chi connectivity index (χ2v) is 4.55. The van der Waals surface area contributed by atoms with E-state index in [1.807, 2.05) is 19.0 Å². The number of carbonyl (C=O) groups excluding carboxylic acids is 1. The minimum absolute atomic E-state index is 0.135. The molecule has 0 aromatic heterocycles. The van der Waals surface area contributed by atoms with Crippen LogP contribution in [0.5, 0.6) is 0 Å². The van der Waals surface area contributed by atoms with Crippen molar-refractivity contribution in [1.29, 1.82) is 0 Å². The minimum Gasteiger partial charge on any atom is -0.352 e. The van der Waals surface area contributed by atoms with Crippen LogP contribution in [0.4, 0.5) is 0 Å². The molecule has 0 radical (unpaired) electrons. The Hall–Kier alpha value is -0.570. The van der Waals surface area contributed by atoms with Crippen molar-refractivity contribution in [1.82, 2.24) is 10.2 Å². The largest absolute Gasteiger partial charge is 0.352 e. The summed E-state index contributed by atoms with van der Waals surface area (Å²) in [7, 11) is 3.80. The average molecular weight is 170 g/mol. The highest BCUT2D eigenvalue weighted by Gasteiger charge is 2.46. The molecule has 3 nitrogen and oxygen atoms in total. The molecular formula is C9H18N2O. The quantitative estimate of drug-likeness (QED) is 0.667. The van der Waals surface area contributed by atoms with Crippen LogP contribution in [0.2, 0.25) is 0 Å². The van der Waals surface area contributed by atoms with Crippen molar-refractivity contribution in [3.8, 4) is 0 Å². The molecule has 0 aliphatic heterocycles. The third-order valence-electron chi connectivity index (χ3n) is 2.31. The van der Waals surface area contributed by atoms with E-state index in [2.05, 4.69) is 19.2 Å². The molecular weight excluding hydrogens is 152 g/mol. The Morgan fingerprint density at radius 1 is 1.58 bits per heavy atom. The summed E-state index contributed by atoms with van der Waals surface area (Å²) in [4.78, 5) is 13.1. The van der Waals surface area contributed by atoms with Gasteiger partial charge in [0.1, 0.15) is 0 Å². The van der Waals surface area contributed by atoms with Crippen LogP contribution in [0.3, 0.4) is 0 Å². The molecule has 0 bridgehead atoms. The molecule has 1 aliphatic rings. The molecule has 1 fully saturated rings. The fraction of sp³-hybridized carbons (Fsp3) is 0.889. The van der Waals surface area contributed by atoms with Gasteiger partial charge in [-0.3, -0.25) is 4.79 Å². The summed E-state index contributed by atoms with van der Waals surface area (Å²) < 4.78 is 0. The average Bonchev–Trinajstić information content (AvgIpc) is 2.35. The predicted octanol–water partition coefficient (Wildman–Crippen LogP) is 0.463. The summed E-state index contributed by atoms with van der Waals surface area (Å²) in [6.07, 6.45) is 1.12. The van der Waals surface area contributed by atoms with Crippen LogP contribution in [-0.4, -0.2) is 37.5 Å². The van der Waals surface area contributed by atoms with E-state index in [0.717, 1.165) is 6.42 Å². The lowest BCUT2D eigenvalue weighted by molar-refractivity contribution is -0.122. The highest BCUT2D eigenvalue weighted by atomic mass is 16.2. The number of hydrogen-bond donors (Lipinski definition) is 1. The van der Waals surface area contributed by atoms with Gasteiger partial charge >= 0.3 is 0 Å². The molecule has 0 aromatic rings. The highest BCUT2D eigenvalue weighted by molar-refractivity contribution is 5.78. The van der Waals surface area contributed by atoms with Crippen LogP contribution in [0.25, 0.3) is 0 Å². The zero-order chi connectivity index (χ0) is 9.35. The van der Waals surface area contributed by atoms with Crippen LogP contribution in [0.15, 0.2) is 0 Å². The Morgan fingerprint density at radius 2 is 2.08 bits per heavy atom. The fourth-order valence-electron chi connectivity index (χ4n) is 1.24. The lowest BCUT2D eigenvalue weighted by atomic mass is 10.2. The van der Waals surface area contributed by atoms with Gasteiger partial charge in [0, 0.05) is 6.04 Å². The molecule has 1 aliphatic carbocycles. The van der Waals surface area contributed by atoms with Gasteiger partial charge in [-0.15, -0.1) is 0 Å². The van der Waals surface area contributed by atoms with Crippen molar-refractivity contribution >= 4 is 5.91 Å². The van der Waals surface area contributed by atoms with Crippen molar-refractivity contribution in [2.45, 2.75) is 26.3 Å². The molecule has 70 valence electrons. The highest BCUT2D eigenvalue weighted by Crippen LogP contribution is 2.44. The van der Waals surface area contributed by atoms with Crippen molar-refractivity contribution in [2.75, 3.05) is 20.6 Å². The lowest BCUT2D eigenvalue weighted by Gasteiger charge is -2.10. The van der Waals surface area contributed by atoms with Gasteiger partial charge in [0.2, 0.25) is 5.91 Å². The zero-order valence-corrected chi connectivity index (χ0v) is 8.35. The molecule has 1 N–H and O–H groups in total. The summed E-state index contributed by atoms with van der Waals surface area (Å²) in [6.45, 7) is 4.84. The second kappa shape index (κ2) is 3.05. The van der Waals surface area contributed by atoms with E-state index in [1.165, 1.54) is 0 Å². The second-order valence-electron chi connectivity index (χ2n) is 4.55. The predicted molar refractivity (Wildman–Crippen MR) is 48.9 cm³/mol. The van der Waals surface area contributed by atoms with E-state index < -0.39 is 0 Å². The van der Waals surface area contributed by atoms with E-state index in [-0.39, 0.29) is 5.91 Å². The molecule has 1 atom stereocenters. The SMILES string of the molecule is CN(C)CC(=O)NC1CC1(C)C. The molecule has 0 heterocycles. The molecule has 0 spiro atoms. The monoisotopic (exact) mass is 170 g/mol. The Balaban J connectivity index is 2.21. The number of likely N-dealkylation sites (N-methyl/N-ethyl adjacent to an activating group) is 1. The van der Waals surface area contributed by atoms with Crippen LogP contribution >= 0.6 is 0 Å². The standard InChI is InChI=1S/C9H18N2O/c1-9(2)5-7(9)10-8(12)6-11(3)4/h7H,5-6H2,1-4H3,(H,10,12). The number of nitrogens with zero attached hydrogens (tertiary/aromatic N) is 1. The van der Waals surface area contributed by atoms with Crippen LogP contribution in [0.1, 0.15) is 20.3 Å². The molecule has 12 heavy (non-hydrogen) atoms. The van der Waals surface area contributed by atoms with Gasteiger partial charge in [-0.25, -0.2) is 0 Å². The third-order valence-corrected chi connectivity index (χ3v) is 2.31. The Morgan fingerprint density at radius 3 is 2.42 bits per heavy atom. The topological polar surface area (TPSA) is 32.3 Å². The van der Waals surface area contributed by atoms with Crippen LogP contribution in [-0.2, 0) is 4.79 Å². The summed E-state index contributed by atoms with van der Waals surface area (Å²) >= 11 is 0. The maximum atomic E-state index is 11.2. The minimum atomic E-state index is 0.135. The van der Waals surface area contributed by atoms with E-state index >= 15 is 0 Å². The molecule has 1 amide bonds. The summed E-state index contributed by atoms with van der Waals surface area (Å²) in [6, 6.07) is 0.407. The normalized spacial score (nSPS) is 25.6. The Labute approximate surface area is 74.1 Å². The number of nitrogens with one attached hydrogen (secondary N) is 1. The zero-order valence-electron chi connectivity index (χ0n) is 8.35. The Bertz CT molecular complexity index is 187. The third kappa shape index (κ3) is 2.48. The van der Waals surface area contributed by atoms with Gasteiger partial charge in [-0.1, -0.05) is 13.8 Å². The smallest absolute Gasteiger partial charge is 0.234 e. The fourth-order valence-corrected chi connectivity index (χ4v) is 1.24. The first-order valence-corrected chi connectivity index (χ1v) is 4.36. The molecule has 1 saturated carbocycles. The first-order valence-electron chi connectivity index (χ1n) is 4.36. The first-order chi connectivity index (χ1) is 5.42. The van der Waals surface area contributed by atoms with E-state index in [1.54, 1.807) is 0 Å². The van der Waals surface area contributed by atoms with Crippen molar-refractivity contribution in [2.24, 2.45) is 5.41 Å². The molecule has 0 saturated heterocycles. The molecule has 0 aromatic carbocycles. The summed E-state index contributed by atoms with van der Waals surface area (Å²) in [5.74, 6) is 0.135. The lowest BCUT2D eigenvalue weighted by Crippen LogP contribution is -2.35. The first kappa shape index (κ1) is 9.52. The van der Waals surface area contributed by atoms with Crippen molar-refractivity contribution < 1.29 is 4.79 Å². The number of hydrogen-bond acceptors (Lipinski definition) is 2. The maximum Gasteiger partial charge on any atom is 0.234 e. The van der Waals surface area contributed by atoms with Gasteiger partial charge < -0.3 is 10.2 Å². The Kier molecular flexibility index (Phi) is 2.42. The summed E-state index contributed by atoms with van der Waals surface area (Å²) in [5, 5.41) is 2.99. The number of carbonyl (C=O) groups is 1. The molecule has 1 unspecified atom stereocenters. The number of amides is 1. The molecule has 3 heteroatoms. The molecule has 1 rings (SSSR count). The van der Waals surface area contributed by atoms with Gasteiger partial charge in [0.15, 0.2) is 0 Å². The van der Waals surface area contributed by atoms with Gasteiger partial charge in [-0.05, 0) is 25.9 Å². The van der Waals surface area contributed by atoms with E-state index in [4.69, 9.17) is 0 Å². The van der Waals surface area contributed by atoms with Crippen molar-refractivity contribution in [3.63, 3.8) is 0 Å². The summed E-state index contributed by atoms with van der Waals surface area (Å²) in [5.41, 5.74) is 0.335. The van der Waals surface area contributed by atoms with Gasteiger partial charge in [0.25, 0.3) is 0 Å². The number of rotatable bonds is 3. The van der Waals surface area contributed by atoms with E-state index in [9.17, 15) is 4.79 Å². The van der Waals surface area contributed by atoms with Crippen LogP contribution < -0.4 is 5.32 Å². The van der Waals surface area contributed by atoms with Gasteiger partial charge in [-0.2, -0.15) is 0 Å². The van der Waals surface area contributed by atoms with Crippen molar-refractivity contribution in [3.05, 3.63) is 0 Å². The maximum absolute atomic E-state index is 11.2.